The van der Waals surface area contributed by atoms with Crippen LogP contribution in [0.25, 0.3) is 10.9 Å². The smallest absolute Gasteiger partial charge is 0.247 e. The third-order valence-corrected chi connectivity index (χ3v) is 7.46. The van der Waals surface area contributed by atoms with E-state index >= 15 is 0 Å². The number of aromatic amines is 1. The van der Waals surface area contributed by atoms with Crippen molar-refractivity contribution in [1.82, 2.24) is 15.1 Å². The molecule has 0 fully saturated rings. The second-order valence-corrected chi connectivity index (χ2v) is 9.92. The summed E-state index contributed by atoms with van der Waals surface area (Å²) in [4.78, 5) is 46.1. The summed E-state index contributed by atoms with van der Waals surface area (Å²) in [5, 5.41) is 8.22. The SMILES string of the molecule is O=C1[C@H](Cc2[nH]nc3ccccc23)C(=O)N(c2ccccc2)C=CN1CC(=O)N1CCCCc2ccccc21. The van der Waals surface area contributed by atoms with Gasteiger partial charge in [0, 0.05) is 47.8 Å². The molecule has 0 radical (unpaired) electrons. The van der Waals surface area contributed by atoms with Crippen molar-refractivity contribution >= 4 is 40.0 Å². The van der Waals surface area contributed by atoms with Gasteiger partial charge in [0.15, 0.2) is 0 Å². The topological polar surface area (TPSA) is 89.6 Å². The first-order valence-corrected chi connectivity index (χ1v) is 13.3. The van der Waals surface area contributed by atoms with Gasteiger partial charge in [-0.1, -0.05) is 54.6 Å². The molecule has 0 bridgehead atoms. The lowest BCUT2D eigenvalue weighted by atomic mass is 9.98. The largest absolute Gasteiger partial charge is 0.311 e. The van der Waals surface area contributed by atoms with Gasteiger partial charge in [0.05, 0.1) is 5.52 Å². The Hall–Kier alpha value is -4.72. The van der Waals surface area contributed by atoms with E-state index in [1.807, 2.05) is 72.8 Å². The number of fused-ring (bicyclic) bond motifs is 2. The molecule has 4 aromatic rings. The van der Waals surface area contributed by atoms with E-state index in [0.717, 1.165) is 41.4 Å². The molecule has 0 saturated heterocycles. The average Bonchev–Trinajstić information content (AvgIpc) is 3.19. The van der Waals surface area contributed by atoms with Gasteiger partial charge in [-0.05, 0) is 49.1 Å². The number of rotatable bonds is 5. The normalized spacial score (nSPS) is 17.7. The van der Waals surface area contributed by atoms with Crippen molar-refractivity contribution in [2.75, 3.05) is 22.9 Å². The minimum Gasteiger partial charge on any atom is -0.311 e. The Balaban J connectivity index is 1.33. The summed E-state index contributed by atoms with van der Waals surface area (Å²) in [7, 11) is 0. The number of benzene rings is 3. The van der Waals surface area contributed by atoms with Gasteiger partial charge >= 0.3 is 0 Å². The second-order valence-electron chi connectivity index (χ2n) is 9.92. The number of nitrogens with zero attached hydrogens (tertiary/aromatic N) is 4. The molecular formula is C31H29N5O3. The lowest BCUT2D eigenvalue weighted by Crippen LogP contribution is -2.45. The summed E-state index contributed by atoms with van der Waals surface area (Å²) in [6.45, 7) is 0.444. The van der Waals surface area contributed by atoms with Crippen LogP contribution >= 0.6 is 0 Å². The first-order chi connectivity index (χ1) is 19.1. The molecule has 0 saturated carbocycles. The number of para-hydroxylation sites is 3. The number of amides is 3. The van der Waals surface area contributed by atoms with Crippen LogP contribution in [0.4, 0.5) is 11.4 Å². The summed E-state index contributed by atoms with van der Waals surface area (Å²) < 4.78 is 0. The summed E-state index contributed by atoms with van der Waals surface area (Å²) in [6, 6.07) is 24.8. The van der Waals surface area contributed by atoms with Crippen LogP contribution in [0.15, 0.2) is 91.3 Å². The van der Waals surface area contributed by atoms with E-state index in [9.17, 15) is 14.4 Å². The fourth-order valence-electron chi connectivity index (χ4n) is 5.43. The molecule has 3 aromatic carbocycles. The molecule has 3 heterocycles. The van der Waals surface area contributed by atoms with Crippen molar-refractivity contribution < 1.29 is 14.4 Å². The zero-order valence-corrected chi connectivity index (χ0v) is 21.5. The van der Waals surface area contributed by atoms with Crippen LogP contribution in [0.5, 0.6) is 0 Å². The summed E-state index contributed by atoms with van der Waals surface area (Å²) in [5.74, 6) is -1.97. The number of carbonyl (C=O) groups excluding carboxylic acids is 3. The van der Waals surface area contributed by atoms with Gasteiger partial charge in [-0.2, -0.15) is 5.10 Å². The van der Waals surface area contributed by atoms with Crippen molar-refractivity contribution in [2.24, 2.45) is 5.92 Å². The van der Waals surface area contributed by atoms with Gasteiger partial charge in [0.25, 0.3) is 0 Å². The van der Waals surface area contributed by atoms with Crippen molar-refractivity contribution in [2.45, 2.75) is 25.7 Å². The Bertz CT molecular complexity index is 1560. The highest BCUT2D eigenvalue weighted by molar-refractivity contribution is 6.11. The van der Waals surface area contributed by atoms with Crippen molar-refractivity contribution in [3.05, 3.63) is 103 Å². The second kappa shape index (κ2) is 10.6. The third-order valence-electron chi connectivity index (χ3n) is 7.46. The number of nitrogens with one attached hydrogen (secondary N) is 1. The fraction of sp³-hybridized carbons (Fsp3) is 0.226. The molecular weight excluding hydrogens is 490 g/mol. The summed E-state index contributed by atoms with van der Waals surface area (Å²) in [5.41, 5.74) is 4.16. The Labute approximate surface area is 226 Å². The molecule has 2 aliphatic heterocycles. The maximum atomic E-state index is 13.9. The van der Waals surface area contributed by atoms with E-state index in [1.165, 1.54) is 9.80 Å². The molecule has 0 spiro atoms. The Kier molecular flexibility index (Phi) is 6.67. The fourth-order valence-corrected chi connectivity index (χ4v) is 5.43. The van der Waals surface area contributed by atoms with Crippen molar-refractivity contribution in [3.8, 4) is 0 Å². The third kappa shape index (κ3) is 4.81. The standard InChI is InChI=1S/C31H29N5O3/c37-29(36-17-9-8-11-22-10-4-7-16-28(22)36)21-34-18-19-35(23-12-2-1-3-13-23)31(39)25(30(34)38)20-27-24-14-5-6-15-26(24)32-33-27/h1-7,10,12-16,18-19,25H,8-9,11,17,20-21H2,(H,32,33)/t25-/m0/s1. The van der Waals surface area contributed by atoms with Crippen LogP contribution in [-0.4, -0.2) is 45.9 Å². The molecule has 2 aliphatic rings. The highest BCUT2D eigenvalue weighted by atomic mass is 16.2. The Morgan fingerprint density at radius 1 is 0.872 bits per heavy atom. The first-order valence-electron chi connectivity index (χ1n) is 13.3. The Morgan fingerprint density at radius 3 is 2.51 bits per heavy atom. The predicted octanol–water partition coefficient (Wildman–Crippen LogP) is 4.44. The molecule has 1 atom stereocenters. The zero-order valence-electron chi connectivity index (χ0n) is 21.5. The molecule has 8 nitrogen and oxygen atoms in total. The molecule has 1 aromatic heterocycles. The monoisotopic (exact) mass is 519 g/mol. The molecule has 3 amide bonds. The zero-order chi connectivity index (χ0) is 26.8. The van der Waals surface area contributed by atoms with E-state index < -0.39 is 11.8 Å². The van der Waals surface area contributed by atoms with E-state index in [1.54, 1.807) is 17.3 Å². The lowest BCUT2D eigenvalue weighted by Gasteiger charge is -2.27. The number of aromatic nitrogens is 2. The minimum atomic E-state index is -1.03. The number of aryl methyl sites for hydroxylation is 1. The number of hydrogen-bond donors (Lipinski definition) is 1. The van der Waals surface area contributed by atoms with Gasteiger partial charge in [-0.15, -0.1) is 0 Å². The molecule has 6 rings (SSSR count). The van der Waals surface area contributed by atoms with Crippen LogP contribution in [0.2, 0.25) is 0 Å². The Morgan fingerprint density at radius 2 is 1.64 bits per heavy atom. The number of hydrogen-bond acceptors (Lipinski definition) is 4. The maximum Gasteiger partial charge on any atom is 0.247 e. The van der Waals surface area contributed by atoms with Crippen LogP contribution in [-0.2, 0) is 27.2 Å². The van der Waals surface area contributed by atoms with Gasteiger partial charge in [0.2, 0.25) is 17.7 Å². The molecule has 1 N–H and O–H groups in total. The van der Waals surface area contributed by atoms with Gasteiger partial charge in [-0.3, -0.25) is 24.4 Å². The van der Waals surface area contributed by atoms with Crippen LogP contribution in [0.3, 0.4) is 0 Å². The van der Waals surface area contributed by atoms with Gasteiger partial charge in [0.1, 0.15) is 12.5 Å². The maximum absolute atomic E-state index is 13.9. The summed E-state index contributed by atoms with van der Waals surface area (Å²) >= 11 is 0. The van der Waals surface area contributed by atoms with Gasteiger partial charge < -0.3 is 9.80 Å². The molecule has 0 unspecified atom stereocenters. The minimum absolute atomic E-state index is 0.139. The lowest BCUT2D eigenvalue weighted by molar-refractivity contribution is -0.140. The predicted molar refractivity (Wildman–Crippen MR) is 150 cm³/mol. The quantitative estimate of drug-likeness (QED) is 0.395. The van der Waals surface area contributed by atoms with E-state index in [4.69, 9.17) is 0 Å². The highest BCUT2D eigenvalue weighted by Crippen LogP contribution is 2.28. The highest BCUT2D eigenvalue weighted by Gasteiger charge is 2.38. The van der Waals surface area contributed by atoms with Crippen molar-refractivity contribution in [1.29, 1.82) is 0 Å². The number of carbonyl (C=O) groups is 3. The van der Waals surface area contributed by atoms with Crippen LogP contribution < -0.4 is 9.80 Å². The van der Waals surface area contributed by atoms with Crippen LogP contribution in [0.1, 0.15) is 24.1 Å². The van der Waals surface area contributed by atoms with Crippen molar-refractivity contribution in [3.63, 3.8) is 0 Å². The van der Waals surface area contributed by atoms with E-state index in [0.29, 0.717) is 17.9 Å². The number of H-pyrrole nitrogens is 1. The van der Waals surface area contributed by atoms with Gasteiger partial charge in [-0.25, -0.2) is 0 Å². The average molecular weight is 520 g/mol. The molecule has 196 valence electrons. The molecule has 39 heavy (non-hydrogen) atoms. The first kappa shape index (κ1) is 24.6. The summed E-state index contributed by atoms with van der Waals surface area (Å²) in [6.07, 6.45) is 6.10. The molecule has 8 heteroatoms. The number of anilines is 2. The van der Waals surface area contributed by atoms with E-state index in [-0.39, 0.29) is 24.8 Å². The van der Waals surface area contributed by atoms with Crippen LogP contribution in [0, 0.1) is 5.92 Å². The molecule has 0 aliphatic carbocycles. The van der Waals surface area contributed by atoms with E-state index in [2.05, 4.69) is 16.3 Å².